The van der Waals surface area contributed by atoms with E-state index in [4.69, 9.17) is 11.6 Å². The summed E-state index contributed by atoms with van der Waals surface area (Å²) in [4.78, 5) is 20.3. The third-order valence-corrected chi connectivity index (χ3v) is 3.61. The van der Waals surface area contributed by atoms with Crippen LogP contribution in [0, 0.1) is 5.82 Å². The molecule has 126 valence electrons. The van der Waals surface area contributed by atoms with Gasteiger partial charge in [-0.15, -0.1) is 0 Å². The number of aromatic nitrogens is 2. The monoisotopic (exact) mass is 356 g/mol. The van der Waals surface area contributed by atoms with Gasteiger partial charge in [0.2, 0.25) is 0 Å². The molecule has 0 bridgehead atoms. The zero-order chi connectivity index (χ0) is 17.6. The molecule has 0 unspecified atom stereocenters. The fraction of sp³-hybridized carbons (Fsp3) is 0.0556. The van der Waals surface area contributed by atoms with Crippen molar-refractivity contribution in [3.8, 4) is 0 Å². The van der Waals surface area contributed by atoms with Gasteiger partial charge in [-0.2, -0.15) is 0 Å². The number of halogens is 2. The Hall–Kier alpha value is -2.99. The minimum Gasteiger partial charge on any atom is -0.346 e. The Bertz CT molecular complexity index is 886. The fourth-order valence-electron chi connectivity index (χ4n) is 2.13. The summed E-state index contributed by atoms with van der Waals surface area (Å²) in [5.74, 6) is -0.312. The van der Waals surface area contributed by atoms with Gasteiger partial charge in [-0.3, -0.25) is 4.79 Å². The highest BCUT2D eigenvalue weighted by Crippen LogP contribution is 2.18. The van der Waals surface area contributed by atoms with Crippen molar-refractivity contribution in [2.24, 2.45) is 0 Å². The van der Waals surface area contributed by atoms with Crippen LogP contribution in [0.4, 0.5) is 15.9 Å². The molecule has 1 amide bonds. The van der Waals surface area contributed by atoms with Crippen LogP contribution < -0.4 is 10.6 Å². The molecular weight excluding hydrogens is 343 g/mol. The molecule has 0 radical (unpaired) electrons. The Morgan fingerprint density at radius 1 is 1.08 bits per heavy atom. The summed E-state index contributed by atoms with van der Waals surface area (Å²) >= 11 is 5.92. The molecule has 0 saturated carbocycles. The Morgan fingerprint density at radius 3 is 2.64 bits per heavy atom. The third kappa shape index (κ3) is 4.51. The first-order valence-corrected chi connectivity index (χ1v) is 7.86. The maximum absolute atomic E-state index is 13.5. The molecule has 0 spiro atoms. The van der Waals surface area contributed by atoms with E-state index in [2.05, 4.69) is 20.6 Å². The lowest BCUT2D eigenvalue weighted by molar-refractivity contribution is 0.0945. The second kappa shape index (κ2) is 7.72. The van der Waals surface area contributed by atoms with Gasteiger partial charge in [0.1, 0.15) is 17.3 Å². The first-order valence-electron chi connectivity index (χ1n) is 7.48. The number of amides is 1. The molecule has 2 N–H and O–H groups in total. The van der Waals surface area contributed by atoms with Gasteiger partial charge in [-0.05, 0) is 24.3 Å². The minimum absolute atomic E-state index is 0.0791. The van der Waals surface area contributed by atoms with Crippen molar-refractivity contribution < 1.29 is 9.18 Å². The largest absolute Gasteiger partial charge is 0.346 e. The number of anilines is 2. The Morgan fingerprint density at radius 2 is 1.92 bits per heavy atom. The summed E-state index contributed by atoms with van der Waals surface area (Å²) in [7, 11) is 0. The van der Waals surface area contributed by atoms with Crippen molar-refractivity contribution in [2.75, 3.05) is 5.32 Å². The van der Waals surface area contributed by atoms with Gasteiger partial charge in [-0.1, -0.05) is 35.9 Å². The van der Waals surface area contributed by atoms with E-state index < -0.39 is 5.91 Å². The van der Waals surface area contributed by atoms with E-state index in [0.29, 0.717) is 16.4 Å². The number of hydrogen-bond donors (Lipinski definition) is 2. The minimum atomic E-state index is -0.426. The van der Waals surface area contributed by atoms with E-state index in [9.17, 15) is 9.18 Å². The van der Waals surface area contributed by atoms with Gasteiger partial charge in [-0.25, -0.2) is 14.4 Å². The third-order valence-electron chi connectivity index (χ3n) is 3.38. The Kier molecular flexibility index (Phi) is 5.20. The van der Waals surface area contributed by atoms with Gasteiger partial charge in [0.05, 0.1) is 12.4 Å². The quantitative estimate of drug-likeness (QED) is 0.726. The lowest BCUT2D eigenvalue weighted by atomic mass is 10.2. The molecule has 0 saturated heterocycles. The molecule has 7 heteroatoms. The Balaban J connectivity index is 1.61. The summed E-state index contributed by atoms with van der Waals surface area (Å²) in [6.07, 6.45) is 2.79. The van der Waals surface area contributed by atoms with E-state index in [0.717, 1.165) is 5.69 Å². The van der Waals surface area contributed by atoms with E-state index in [1.807, 2.05) is 12.1 Å². The Labute approximate surface area is 148 Å². The van der Waals surface area contributed by atoms with Gasteiger partial charge < -0.3 is 10.6 Å². The van der Waals surface area contributed by atoms with Crippen molar-refractivity contribution in [1.29, 1.82) is 0 Å². The lowest BCUT2D eigenvalue weighted by Gasteiger charge is -2.07. The molecule has 1 aromatic heterocycles. The standard InChI is InChI=1S/C18H14ClFN4O/c19-13-5-3-6-14(8-13)24-17-11-21-16(10-22-17)18(25)23-9-12-4-1-2-7-15(12)20/h1-8,10-11H,9H2,(H,22,24)(H,23,25). The molecule has 3 rings (SSSR count). The fourth-order valence-corrected chi connectivity index (χ4v) is 2.32. The highest BCUT2D eigenvalue weighted by molar-refractivity contribution is 6.30. The molecule has 2 aromatic carbocycles. The van der Waals surface area contributed by atoms with Crippen LogP contribution in [-0.2, 0) is 6.54 Å². The number of nitrogens with one attached hydrogen (secondary N) is 2. The molecule has 1 heterocycles. The first-order chi connectivity index (χ1) is 12.1. The number of rotatable bonds is 5. The summed E-state index contributed by atoms with van der Waals surface area (Å²) in [5, 5.41) is 6.25. The SMILES string of the molecule is O=C(NCc1ccccc1F)c1cnc(Nc2cccc(Cl)c2)cn1. The van der Waals surface area contributed by atoms with Crippen molar-refractivity contribution in [3.63, 3.8) is 0 Å². The molecule has 0 aliphatic rings. The zero-order valence-electron chi connectivity index (χ0n) is 13.0. The first kappa shape index (κ1) is 16.9. The summed E-state index contributed by atoms with van der Waals surface area (Å²) in [6.45, 7) is 0.0791. The number of nitrogens with zero attached hydrogens (tertiary/aromatic N) is 2. The summed E-state index contributed by atoms with van der Waals surface area (Å²) < 4.78 is 13.5. The van der Waals surface area contributed by atoms with Gasteiger partial charge in [0.15, 0.2) is 0 Å². The lowest BCUT2D eigenvalue weighted by Crippen LogP contribution is -2.24. The van der Waals surface area contributed by atoms with Gasteiger partial charge in [0, 0.05) is 22.8 Å². The molecular formula is C18H14ClFN4O. The smallest absolute Gasteiger partial charge is 0.271 e. The highest BCUT2D eigenvalue weighted by atomic mass is 35.5. The second-order valence-electron chi connectivity index (χ2n) is 5.20. The second-order valence-corrected chi connectivity index (χ2v) is 5.63. The molecule has 3 aromatic rings. The highest BCUT2D eigenvalue weighted by Gasteiger charge is 2.09. The van der Waals surface area contributed by atoms with Crippen LogP contribution in [0.5, 0.6) is 0 Å². The molecule has 25 heavy (non-hydrogen) atoms. The van der Waals surface area contributed by atoms with Crippen LogP contribution in [-0.4, -0.2) is 15.9 Å². The zero-order valence-corrected chi connectivity index (χ0v) is 13.8. The topological polar surface area (TPSA) is 66.9 Å². The van der Waals surface area contributed by atoms with Crippen molar-refractivity contribution in [3.05, 3.63) is 83.0 Å². The molecule has 0 fully saturated rings. The molecule has 0 aliphatic heterocycles. The predicted octanol–water partition coefficient (Wildman–Crippen LogP) is 3.94. The maximum atomic E-state index is 13.5. The van der Waals surface area contributed by atoms with Gasteiger partial charge in [0.25, 0.3) is 5.91 Å². The number of benzene rings is 2. The van der Waals surface area contributed by atoms with Gasteiger partial charge >= 0.3 is 0 Å². The van der Waals surface area contributed by atoms with Crippen LogP contribution in [0.25, 0.3) is 0 Å². The summed E-state index contributed by atoms with van der Waals surface area (Å²) in [5.41, 5.74) is 1.31. The average Bonchev–Trinajstić information content (AvgIpc) is 2.61. The predicted molar refractivity (Wildman–Crippen MR) is 94.3 cm³/mol. The number of hydrogen-bond acceptors (Lipinski definition) is 4. The van der Waals surface area contributed by atoms with E-state index in [1.54, 1.807) is 30.3 Å². The molecule has 0 aliphatic carbocycles. The van der Waals surface area contributed by atoms with E-state index in [-0.39, 0.29) is 18.1 Å². The van der Waals surface area contributed by atoms with E-state index >= 15 is 0 Å². The van der Waals surface area contributed by atoms with Crippen LogP contribution in [0.1, 0.15) is 16.1 Å². The van der Waals surface area contributed by atoms with Crippen molar-refractivity contribution in [1.82, 2.24) is 15.3 Å². The number of carbonyl (C=O) groups excluding carboxylic acids is 1. The van der Waals surface area contributed by atoms with Crippen molar-refractivity contribution >= 4 is 29.0 Å². The maximum Gasteiger partial charge on any atom is 0.271 e. The summed E-state index contributed by atoms with van der Waals surface area (Å²) in [6, 6.07) is 13.4. The number of carbonyl (C=O) groups is 1. The normalized spacial score (nSPS) is 10.3. The molecule has 0 atom stereocenters. The average molecular weight is 357 g/mol. The van der Waals surface area contributed by atoms with Crippen LogP contribution >= 0.6 is 11.6 Å². The van der Waals surface area contributed by atoms with Crippen molar-refractivity contribution in [2.45, 2.75) is 6.54 Å². The molecule has 5 nitrogen and oxygen atoms in total. The van der Waals surface area contributed by atoms with Crippen LogP contribution in [0.15, 0.2) is 60.9 Å². The van der Waals surface area contributed by atoms with Crippen LogP contribution in [0.3, 0.4) is 0 Å². The van der Waals surface area contributed by atoms with Crippen LogP contribution in [0.2, 0.25) is 5.02 Å². The van der Waals surface area contributed by atoms with E-state index in [1.165, 1.54) is 18.5 Å².